The van der Waals surface area contributed by atoms with Crippen molar-refractivity contribution in [2.75, 3.05) is 20.3 Å². The average Bonchev–Trinajstić information content (AvgIpc) is 2.72. The Bertz CT molecular complexity index is 848. The molecule has 156 valence electrons. The summed E-state index contributed by atoms with van der Waals surface area (Å²) < 4.78 is 11.1. The van der Waals surface area contributed by atoms with Crippen molar-refractivity contribution in [2.45, 2.75) is 51.6 Å². The van der Waals surface area contributed by atoms with Crippen molar-refractivity contribution in [3.63, 3.8) is 0 Å². The highest BCUT2D eigenvalue weighted by atomic mass is 16.5. The van der Waals surface area contributed by atoms with E-state index in [1.54, 1.807) is 7.11 Å². The van der Waals surface area contributed by atoms with Crippen LogP contribution in [0.25, 0.3) is 0 Å². The summed E-state index contributed by atoms with van der Waals surface area (Å²) in [7, 11) is 1.62. The molecule has 5 heteroatoms. The van der Waals surface area contributed by atoms with Crippen molar-refractivity contribution >= 4 is 5.91 Å². The Kier molecular flexibility index (Phi) is 6.80. The first-order valence-electron chi connectivity index (χ1n) is 10.3. The number of likely N-dealkylation sites (N-methyl/N-ethyl adjacent to an activating group) is 1. The number of benzene rings is 2. The van der Waals surface area contributed by atoms with Crippen molar-refractivity contribution in [1.29, 1.82) is 0 Å². The quantitative estimate of drug-likeness (QED) is 0.705. The number of ether oxygens (including phenoxy) is 2. The van der Waals surface area contributed by atoms with Gasteiger partial charge in [-0.25, -0.2) is 0 Å². The number of methoxy groups -OCH3 is 1. The molecular weight excluding hydrogens is 364 g/mol. The van der Waals surface area contributed by atoms with Gasteiger partial charge in [0.25, 0.3) is 5.91 Å². The van der Waals surface area contributed by atoms with Crippen LogP contribution in [-0.2, 0) is 16.8 Å². The lowest BCUT2D eigenvalue weighted by molar-refractivity contribution is -0.123. The number of carbonyl (C=O) groups is 1. The highest BCUT2D eigenvalue weighted by molar-refractivity contribution is 5.77. The third-order valence-electron chi connectivity index (χ3n) is 5.64. The molecule has 2 N–H and O–H groups in total. The Labute approximate surface area is 173 Å². The van der Waals surface area contributed by atoms with E-state index in [1.165, 1.54) is 11.1 Å². The van der Waals surface area contributed by atoms with E-state index in [1.807, 2.05) is 25.1 Å². The van der Waals surface area contributed by atoms with Crippen LogP contribution in [0.5, 0.6) is 11.5 Å². The van der Waals surface area contributed by atoms with Gasteiger partial charge in [0.2, 0.25) is 0 Å². The molecule has 0 aliphatic heterocycles. The molecule has 1 atom stereocenters. The van der Waals surface area contributed by atoms with Gasteiger partial charge in [-0.2, -0.15) is 0 Å². The largest absolute Gasteiger partial charge is 0.493 e. The molecular formula is C24H32N2O3. The van der Waals surface area contributed by atoms with Crippen molar-refractivity contribution in [2.24, 2.45) is 0 Å². The summed E-state index contributed by atoms with van der Waals surface area (Å²) >= 11 is 0. The second-order valence-electron chi connectivity index (χ2n) is 8.17. The Morgan fingerprint density at radius 3 is 2.72 bits per heavy atom. The molecule has 0 radical (unpaired) electrons. The van der Waals surface area contributed by atoms with Gasteiger partial charge in [0.15, 0.2) is 18.1 Å². The first-order chi connectivity index (χ1) is 13.9. The smallest absolute Gasteiger partial charge is 0.257 e. The second-order valence-corrected chi connectivity index (χ2v) is 8.17. The molecule has 0 spiro atoms. The lowest BCUT2D eigenvalue weighted by Gasteiger charge is -2.37. The van der Waals surface area contributed by atoms with Gasteiger partial charge in [-0.1, -0.05) is 44.2 Å². The van der Waals surface area contributed by atoms with Crippen LogP contribution in [0.15, 0.2) is 42.5 Å². The van der Waals surface area contributed by atoms with Crippen LogP contribution < -0.4 is 20.1 Å². The van der Waals surface area contributed by atoms with Gasteiger partial charge >= 0.3 is 0 Å². The number of rotatable bonds is 8. The topological polar surface area (TPSA) is 59.6 Å². The van der Waals surface area contributed by atoms with Crippen molar-refractivity contribution in [3.05, 3.63) is 59.2 Å². The van der Waals surface area contributed by atoms with E-state index in [0.717, 1.165) is 24.9 Å². The van der Waals surface area contributed by atoms with E-state index in [9.17, 15) is 4.79 Å². The molecule has 0 fully saturated rings. The molecule has 5 nitrogen and oxygen atoms in total. The van der Waals surface area contributed by atoms with Crippen LogP contribution in [0.4, 0.5) is 0 Å². The zero-order chi connectivity index (χ0) is 20.9. The van der Waals surface area contributed by atoms with Crippen molar-refractivity contribution in [1.82, 2.24) is 10.6 Å². The van der Waals surface area contributed by atoms with Crippen LogP contribution in [-0.4, -0.2) is 26.2 Å². The molecule has 1 unspecified atom stereocenters. The average molecular weight is 397 g/mol. The van der Waals surface area contributed by atoms with Crippen LogP contribution in [0.2, 0.25) is 0 Å². The zero-order valence-electron chi connectivity index (χ0n) is 17.9. The molecule has 0 bridgehead atoms. The lowest BCUT2D eigenvalue weighted by atomic mass is 9.71. The first kappa shape index (κ1) is 21.2. The van der Waals surface area contributed by atoms with Gasteiger partial charge in [0, 0.05) is 19.1 Å². The monoisotopic (exact) mass is 396 g/mol. The molecule has 0 saturated carbocycles. The SMILES string of the molecule is CCNC(=O)COc1ccc(CNC2CCC(C)(C)c3ccccc32)cc1OC. The van der Waals surface area contributed by atoms with Gasteiger partial charge in [-0.15, -0.1) is 0 Å². The van der Waals surface area contributed by atoms with Gasteiger partial charge in [0.1, 0.15) is 0 Å². The number of hydrogen-bond acceptors (Lipinski definition) is 4. The highest BCUT2D eigenvalue weighted by Crippen LogP contribution is 2.41. The van der Waals surface area contributed by atoms with Crippen molar-refractivity contribution in [3.8, 4) is 11.5 Å². The van der Waals surface area contributed by atoms with Crippen LogP contribution >= 0.6 is 0 Å². The van der Waals surface area contributed by atoms with Gasteiger partial charge < -0.3 is 20.1 Å². The van der Waals surface area contributed by atoms with E-state index >= 15 is 0 Å². The maximum atomic E-state index is 11.6. The summed E-state index contributed by atoms with van der Waals surface area (Å²) in [6.07, 6.45) is 2.28. The number of nitrogens with one attached hydrogen (secondary N) is 2. The molecule has 1 aliphatic rings. The molecule has 0 heterocycles. The Hall–Kier alpha value is -2.53. The minimum Gasteiger partial charge on any atom is -0.493 e. The van der Waals surface area contributed by atoms with E-state index < -0.39 is 0 Å². The van der Waals surface area contributed by atoms with E-state index in [-0.39, 0.29) is 17.9 Å². The standard InChI is InChI=1S/C24H32N2O3/c1-5-25-23(27)16-29-21-11-10-17(14-22(21)28-4)15-26-20-12-13-24(2,3)19-9-7-6-8-18(19)20/h6-11,14,20,26H,5,12-13,15-16H2,1-4H3,(H,25,27). The number of carbonyl (C=O) groups excluding carboxylic acids is 1. The Morgan fingerprint density at radius 1 is 1.17 bits per heavy atom. The summed E-state index contributed by atoms with van der Waals surface area (Å²) in [4.78, 5) is 11.6. The van der Waals surface area contributed by atoms with Gasteiger partial charge in [-0.05, 0) is 54.0 Å². The number of amides is 1. The Morgan fingerprint density at radius 2 is 1.97 bits per heavy atom. The third kappa shape index (κ3) is 5.10. The van der Waals surface area contributed by atoms with E-state index in [4.69, 9.17) is 9.47 Å². The molecule has 2 aromatic rings. The summed E-state index contributed by atoms with van der Waals surface area (Å²) in [6.45, 7) is 7.85. The van der Waals surface area contributed by atoms with Crippen LogP contribution in [0, 0.1) is 0 Å². The summed E-state index contributed by atoms with van der Waals surface area (Å²) in [5.41, 5.74) is 4.18. The van der Waals surface area contributed by atoms with Gasteiger partial charge in [-0.3, -0.25) is 4.79 Å². The maximum Gasteiger partial charge on any atom is 0.257 e. The summed E-state index contributed by atoms with van der Waals surface area (Å²) in [5.74, 6) is 1.07. The maximum absolute atomic E-state index is 11.6. The predicted molar refractivity (Wildman–Crippen MR) is 115 cm³/mol. The zero-order valence-corrected chi connectivity index (χ0v) is 17.9. The number of fused-ring (bicyclic) bond motifs is 1. The van der Waals surface area contributed by atoms with Crippen LogP contribution in [0.3, 0.4) is 0 Å². The van der Waals surface area contributed by atoms with E-state index in [2.05, 4.69) is 48.7 Å². The summed E-state index contributed by atoms with van der Waals surface area (Å²) in [6, 6.07) is 15.0. The number of hydrogen-bond donors (Lipinski definition) is 2. The predicted octanol–water partition coefficient (Wildman–Crippen LogP) is 4.11. The minimum absolute atomic E-state index is 0.0174. The van der Waals surface area contributed by atoms with Crippen LogP contribution in [0.1, 0.15) is 56.3 Å². The molecule has 0 saturated heterocycles. The first-order valence-corrected chi connectivity index (χ1v) is 10.3. The van der Waals surface area contributed by atoms with E-state index in [0.29, 0.717) is 24.1 Å². The highest BCUT2D eigenvalue weighted by Gasteiger charge is 2.31. The minimum atomic E-state index is -0.140. The fraction of sp³-hybridized carbons (Fsp3) is 0.458. The fourth-order valence-corrected chi connectivity index (χ4v) is 4.00. The van der Waals surface area contributed by atoms with Gasteiger partial charge in [0.05, 0.1) is 7.11 Å². The molecule has 1 amide bonds. The van der Waals surface area contributed by atoms with Crippen molar-refractivity contribution < 1.29 is 14.3 Å². The fourth-order valence-electron chi connectivity index (χ4n) is 4.00. The molecule has 1 aliphatic carbocycles. The normalized spacial score (nSPS) is 17.3. The lowest BCUT2D eigenvalue weighted by Crippen LogP contribution is -2.32. The Balaban J connectivity index is 1.66. The second kappa shape index (κ2) is 9.31. The molecule has 29 heavy (non-hydrogen) atoms. The molecule has 0 aromatic heterocycles. The summed E-state index contributed by atoms with van der Waals surface area (Å²) in [5, 5.41) is 6.43. The third-order valence-corrected chi connectivity index (χ3v) is 5.64. The molecule has 2 aromatic carbocycles. The molecule has 3 rings (SSSR count).